The first-order valence-electron chi connectivity index (χ1n) is 8.69. The first-order chi connectivity index (χ1) is 12.2. The predicted molar refractivity (Wildman–Crippen MR) is 102 cm³/mol. The van der Waals surface area contributed by atoms with Crippen molar-refractivity contribution in [2.24, 2.45) is 0 Å². The second-order valence-corrected chi connectivity index (χ2v) is 6.65. The molecule has 1 aliphatic heterocycles. The fraction of sp³-hybridized carbons (Fsp3) is 0.238. The van der Waals surface area contributed by atoms with Gasteiger partial charge in [0.25, 0.3) is 0 Å². The minimum Gasteiger partial charge on any atom is -0.366 e. The fourth-order valence-corrected chi connectivity index (χ4v) is 3.39. The van der Waals surface area contributed by atoms with E-state index in [1.165, 1.54) is 22.4 Å². The van der Waals surface area contributed by atoms with E-state index in [1.807, 2.05) is 6.07 Å². The smallest absolute Gasteiger partial charge is 0.138 e. The Hall–Kier alpha value is -2.88. The highest BCUT2D eigenvalue weighted by atomic mass is 15.2. The first kappa shape index (κ1) is 15.6. The van der Waals surface area contributed by atoms with Crippen LogP contribution in [0.1, 0.15) is 23.6 Å². The van der Waals surface area contributed by atoms with Crippen molar-refractivity contribution in [2.45, 2.75) is 32.9 Å². The number of benzene rings is 2. The third kappa shape index (κ3) is 3.20. The summed E-state index contributed by atoms with van der Waals surface area (Å²) in [5.41, 5.74) is 5.14. The molecule has 0 saturated carbocycles. The fourth-order valence-electron chi connectivity index (χ4n) is 3.39. The average Bonchev–Trinajstić information content (AvgIpc) is 2.97. The standard InChI is InChI=1S/C21H22N4/c1-15-7-9-17(10-8-15)13-22-20-12-21(24-14-23-20)25-16(2)11-18-5-3-4-6-19(18)25/h3-10,12,14,16H,11,13H2,1-2H3,(H,22,23,24). The second kappa shape index (κ2) is 6.55. The minimum absolute atomic E-state index is 0.400. The number of anilines is 3. The van der Waals surface area contributed by atoms with Crippen LogP contribution in [0, 0.1) is 6.92 Å². The number of aryl methyl sites for hydroxylation is 1. The Morgan fingerprint density at radius 3 is 2.72 bits per heavy atom. The van der Waals surface area contributed by atoms with Gasteiger partial charge in [0.2, 0.25) is 0 Å². The summed E-state index contributed by atoms with van der Waals surface area (Å²) >= 11 is 0. The molecule has 1 N–H and O–H groups in total. The summed E-state index contributed by atoms with van der Waals surface area (Å²) in [4.78, 5) is 11.2. The monoisotopic (exact) mass is 330 g/mol. The lowest BCUT2D eigenvalue weighted by Gasteiger charge is -2.24. The summed E-state index contributed by atoms with van der Waals surface area (Å²) in [6, 6.07) is 19.5. The number of aromatic nitrogens is 2. The number of hydrogen-bond donors (Lipinski definition) is 1. The molecule has 2 heterocycles. The van der Waals surface area contributed by atoms with Crippen LogP contribution < -0.4 is 10.2 Å². The van der Waals surface area contributed by atoms with E-state index >= 15 is 0 Å². The van der Waals surface area contributed by atoms with Gasteiger partial charge in [-0.2, -0.15) is 0 Å². The summed E-state index contributed by atoms with van der Waals surface area (Å²) in [7, 11) is 0. The number of para-hydroxylation sites is 1. The highest BCUT2D eigenvalue weighted by Gasteiger charge is 2.27. The maximum absolute atomic E-state index is 4.51. The molecule has 4 rings (SSSR count). The molecule has 126 valence electrons. The molecule has 1 aliphatic rings. The van der Waals surface area contributed by atoms with Crippen LogP contribution in [-0.4, -0.2) is 16.0 Å². The molecule has 0 fully saturated rings. The molecule has 0 amide bonds. The zero-order valence-corrected chi connectivity index (χ0v) is 14.6. The molecule has 1 atom stereocenters. The Kier molecular flexibility index (Phi) is 4.10. The Bertz CT molecular complexity index is 873. The predicted octanol–water partition coefficient (Wildman–Crippen LogP) is 4.48. The van der Waals surface area contributed by atoms with Crippen molar-refractivity contribution in [3.8, 4) is 0 Å². The minimum atomic E-state index is 0.400. The maximum atomic E-state index is 4.51. The van der Waals surface area contributed by atoms with Crippen LogP contribution in [0.5, 0.6) is 0 Å². The van der Waals surface area contributed by atoms with Gasteiger partial charge in [-0.25, -0.2) is 9.97 Å². The van der Waals surface area contributed by atoms with Crippen molar-refractivity contribution in [1.29, 1.82) is 0 Å². The molecule has 0 radical (unpaired) electrons. The lowest BCUT2D eigenvalue weighted by Crippen LogP contribution is -2.25. The van der Waals surface area contributed by atoms with Crippen LogP contribution in [-0.2, 0) is 13.0 Å². The van der Waals surface area contributed by atoms with Gasteiger partial charge in [0, 0.05) is 24.3 Å². The summed E-state index contributed by atoms with van der Waals surface area (Å²) in [6.07, 6.45) is 2.69. The summed E-state index contributed by atoms with van der Waals surface area (Å²) in [5, 5.41) is 3.41. The van der Waals surface area contributed by atoms with Gasteiger partial charge in [0.1, 0.15) is 18.0 Å². The Balaban J connectivity index is 1.54. The van der Waals surface area contributed by atoms with Gasteiger partial charge in [-0.05, 0) is 37.5 Å². The second-order valence-electron chi connectivity index (χ2n) is 6.65. The third-order valence-corrected chi connectivity index (χ3v) is 4.70. The maximum Gasteiger partial charge on any atom is 0.138 e. The lowest BCUT2D eigenvalue weighted by molar-refractivity contribution is 0.749. The van der Waals surface area contributed by atoms with E-state index < -0.39 is 0 Å². The van der Waals surface area contributed by atoms with Crippen molar-refractivity contribution in [2.75, 3.05) is 10.2 Å². The van der Waals surface area contributed by atoms with Gasteiger partial charge in [0.05, 0.1) is 0 Å². The van der Waals surface area contributed by atoms with Gasteiger partial charge < -0.3 is 10.2 Å². The molecule has 3 aromatic rings. The van der Waals surface area contributed by atoms with Gasteiger partial charge in [-0.3, -0.25) is 0 Å². The Morgan fingerprint density at radius 2 is 1.88 bits per heavy atom. The van der Waals surface area contributed by atoms with E-state index in [0.29, 0.717) is 6.04 Å². The largest absolute Gasteiger partial charge is 0.366 e. The van der Waals surface area contributed by atoms with E-state index in [0.717, 1.165) is 24.6 Å². The van der Waals surface area contributed by atoms with E-state index in [-0.39, 0.29) is 0 Å². The zero-order chi connectivity index (χ0) is 17.2. The zero-order valence-electron chi connectivity index (χ0n) is 14.6. The van der Waals surface area contributed by atoms with E-state index in [2.05, 4.69) is 82.6 Å². The van der Waals surface area contributed by atoms with Crippen molar-refractivity contribution in [3.63, 3.8) is 0 Å². The molecule has 2 aromatic carbocycles. The summed E-state index contributed by atoms with van der Waals surface area (Å²) in [6.45, 7) is 5.09. The number of fused-ring (bicyclic) bond motifs is 1. The van der Waals surface area contributed by atoms with Crippen LogP contribution in [0.25, 0.3) is 0 Å². The average molecular weight is 330 g/mol. The molecule has 0 saturated heterocycles. The molecule has 4 nitrogen and oxygen atoms in total. The van der Waals surface area contributed by atoms with Crippen molar-refractivity contribution >= 4 is 17.3 Å². The number of nitrogens with one attached hydrogen (secondary N) is 1. The quantitative estimate of drug-likeness (QED) is 0.766. The molecule has 0 bridgehead atoms. The summed E-state index contributed by atoms with van der Waals surface area (Å²) in [5.74, 6) is 1.79. The normalized spacial score (nSPS) is 15.9. The van der Waals surface area contributed by atoms with Crippen molar-refractivity contribution < 1.29 is 0 Å². The lowest BCUT2D eigenvalue weighted by atomic mass is 10.1. The highest BCUT2D eigenvalue weighted by Crippen LogP contribution is 2.37. The Labute approximate surface area is 148 Å². The third-order valence-electron chi connectivity index (χ3n) is 4.70. The molecular weight excluding hydrogens is 308 g/mol. The number of hydrogen-bond acceptors (Lipinski definition) is 4. The highest BCUT2D eigenvalue weighted by molar-refractivity contribution is 5.69. The summed E-state index contributed by atoms with van der Waals surface area (Å²) < 4.78 is 0. The van der Waals surface area contributed by atoms with Crippen LogP contribution in [0.15, 0.2) is 60.9 Å². The van der Waals surface area contributed by atoms with Gasteiger partial charge >= 0.3 is 0 Å². The number of nitrogens with zero attached hydrogens (tertiary/aromatic N) is 3. The molecule has 4 heteroatoms. The Morgan fingerprint density at radius 1 is 1.08 bits per heavy atom. The van der Waals surface area contributed by atoms with E-state index in [9.17, 15) is 0 Å². The topological polar surface area (TPSA) is 41.0 Å². The van der Waals surface area contributed by atoms with E-state index in [1.54, 1.807) is 6.33 Å². The van der Waals surface area contributed by atoms with Gasteiger partial charge in [0.15, 0.2) is 0 Å². The first-order valence-corrected chi connectivity index (χ1v) is 8.69. The number of rotatable bonds is 4. The molecule has 1 unspecified atom stereocenters. The molecule has 25 heavy (non-hydrogen) atoms. The van der Waals surface area contributed by atoms with Crippen LogP contribution >= 0.6 is 0 Å². The molecular formula is C21H22N4. The molecule has 0 spiro atoms. The van der Waals surface area contributed by atoms with Gasteiger partial charge in [-0.15, -0.1) is 0 Å². The SMILES string of the molecule is Cc1ccc(CNc2cc(N3c4ccccc4CC3C)ncn2)cc1. The van der Waals surface area contributed by atoms with Crippen molar-refractivity contribution in [1.82, 2.24) is 9.97 Å². The molecule has 1 aromatic heterocycles. The van der Waals surface area contributed by atoms with Crippen LogP contribution in [0.2, 0.25) is 0 Å². The van der Waals surface area contributed by atoms with Crippen molar-refractivity contribution in [3.05, 3.63) is 77.6 Å². The van der Waals surface area contributed by atoms with Crippen LogP contribution in [0.4, 0.5) is 17.3 Å². The van der Waals surface area contributed by atoms with E-state index in [4.69, 9.17) is 0 Å². The van der Waals surface area contributed by atoms with Gasteiger partial charge in [-0.1, -0.05) is 48.0 Å². The molecule has 0 aliphatic carbocycles. The van der Waals surface area contributed by atoms with Crippen LogP contribution in [0.3, 0.4) is 0 Å².